The number of urea groups is 1. The van der Waals surface area contributed by atoms with E-state index in [4.69, 9.17) is 9.47 Å². The number of anilines is 1. The molecule has 26 heavy (non-hydrogen) atoms. The van der Waals surface area contributed by atoms with E-state index < -0.39 is 6.04 Å². The fourth-order valence-electron chi connectivity index (χ4n) is 3.30. The normalized spacial score (nSPS) is 21.9. The molecule has 0 radical (unpaired) electrons. The maximum absolute atomic E-state index is 13.1. The van der Waals surface area contributed by atoms with Crippen molar-refractivity contribution in [2.45, 2.75) is 11.4 Å². The third-order valence-corrected chi connectivity index (χ3v) is 5.95. The van der Waals surface area contributed by atoms with Crippen molar-refractivity contribution >= 4 is 29.4 Å². The number of methoxy groups -OCH3 is 2. The average Bonchev–Trinajstić information content (AvgIpc) is 3.22. The quantitative estimate of drug-likeness (QED) is 0.773. The van der Waals surface area contributed by atoms with Crippen LogP contribution >= 0.6 is 11.8 Å². The molecule has 0 spiro atoms. The first-order valence-corrected chi connectivity index (χ1v) is 9.25. The first-order valence-electron chi connectivity index (χ1n) is 8.20. The van der Waals surface area contributed by atoms with Crippen molar-refractivity contribution in [3.63, 3.8) is 0 Å². The first kappa shape index (κ1) is 16.8. The van der Waals surface area contributed by atoms with E-state index in [1.54, 1.807) is 55.1 Å². The minimum atomic E-state index is -0.439. The van der Waals surface area contributed by atoms with Crippen LogP contribution in [0.4, 0.5) is 10.5 Å². The van der Waals surface area contributed by atoms with Gasteiger partial charge in [0.2, 0.25) is 0 Å². The molecule has 3 amide bonds. The van der Waals surface area contributed by atoms with Gasteiger partial charge in [-0.25, -0.2) is 9.69 Å². The number of carbonyl (C=O) groups excluding carboxylic acids is 2. The van der Waals surface area contributed by atoms with Gasteiger partial charge in [-0.15, -0.1) is 11.8 Å². The number of fused-ring (bicyclic) bond motifs is 1. The molecule has 2 atom stereocenters. The smallest absolute Gasteiger partial charge is 0.333 e. The van der Waals surface area contributed by atoms with E-state index in [0.717, 1.165) is 11.3 Å². The van der Waals surface area contributed by atoms with Crippen LogP contribution in [0.2, 0.25) is 0 Å². The van der Waals surface area contributed by atoms with E-state index in [9.17, 15) is 9.59 Å². The van der Waals surface area contributed by atoms with Crippen LogP contribution in [0.25, 0.3) is 0 Å². The fraction of sp³-hybridized carbons (Fsp3) is 0.263. The van der Waals surface area contributed by atoms with Gasteiger partial charge in [0.15, 0.2) is 0 Å². The highest BCUT2D eigenvalue weighted by Gasteiger charge is 2.53. The number of hydrogen-bond donors (Lipinski definition) is 0. The summed E-state index contributed by atoms with van der Waals surface area (Å²) in [6.07, 6.45) is 0. The summed E-state index contributed by atoms with van der Waals surface area (Å²) in [7, 11) is 3.17. The Hall–Kier alpha value is -2.67. The SMILES string of the molecule is COc1ccc(C2SCC3C(=O)N(c4cccc(OC)c4)C(=O)N32)cc1. The van der Waals surface area contributed by atoms with Crippen LogP contribution in [0.5, 0.6) is 11.5 Å². The van der Waals surface area contributed by atoms with E-state index in [1.165, 1.54) is 4.90 Å². The van der Waals surface area contributed by atoms with Gasteiger partial charge in [-0.1, -0.05) is 18.2 Å². The highest BCUT2D eigenvalue weighted by atomic mass is 32.2. The van der Waals surface area contributed by atoms with Crippen molar-refractivity contribution in [3.8, 4) is 11.5 Å². The largest absolute Gasteiger partial charge is 0.497 e. The number of ether oxygens (including phenoxy) is 2. The van der Waals surface area contributed by atoms with Gasteiger partial charge in [0.25, 0.3) is 5.91 Å². The van der Waals surface area contributed by atoms with Crippen molar-refractivity contribution in [2.24, 2.45) is 0 Å². The van der Waals surface area contributed by atoms with E-state index in [2.05, 4.69) is 0 Å². The predicted octanol–water partition coefficient (Wildman–Crippen LogP) is 3.29. The first-order chi connectivity index (χ1) is 12.6. The molecular formula is C19H18N2O4S. The predicted molar refractivity (Wildman–Crippen MR) is 99.7 cm³/mol. The lowest BCUT2D eigenvalue weighted by molar-refractivity contribution is -0.119. The molecule has 0 saturated carbocycles. The Bertz CT molecular complexity index is 855. The van der Waals surface area contributed by atoms with Gasteiger partial charge < -0.3 is 9.47 Å². The van der Waals surface area contributed by atoms with E-state index in [0.29, 0.717) is 17.2 Å². The Balaban J connectivity index is 1.65. The van der Waals surface area contributed by atoms with Gasteiger partial charge in [-0.05, 0) is 29.8 Å². The zero-order chi connectivity index (χ0) is 18.3. The molecule has 134 valence electrons. The van der Waals surface area contributed by atoms with Gasteiger partial charge in [0.1, 0.15) is 22.9 Å². The summed E-state index contributed by atoms with van der Waals surface area (Å²) < 4.78 is 10.4. The van der Waals surface area contributed by atoms with Gasteiger partial charge in [-0.2, -0.15) is 0 Å². The van der Waals surface area contributed by atoms with Gasteiger partial charge in [-0.3, -0.25) is 9.69 Å². The second kappa shape index (κ2) is 6.57. The summed E-state index contributed by atoms with van der Waals surface area (Å²) in [6.45, 7) is 0. The molecule has 2 saturated heterocycles. The van der Waals surface area contributed by atoms with Gasteiger partial charge in [0.05, 0.1) is 19.9 Å². The third kappa shape index (κ3) is 2.59. The zero-order valence-electron chi connectivity index (χ0n) is 14.4. The van der Waals surface area contributed by atoms with Gasteiger partial charge >= 0.3 is 6.03 Å². The van der Waals surface area contributed by atoms with Crippen LogP contribution in [0.1, 0.15) is 10.9 Å². The molecule has 0 N–H and O–H groups in total. The monoisotopic (exact) mass is 370 g/mol. The lowest BCUT2D eigenvalue weighted by Gasteiger charge is -2.23. The molecule has 6 nitrogen and oxygen atoms in total. The lowest BCUT2D eigenvalue weighted by Crippen LogP contribution is -2.33. The van der Waals surface area contributed by atoms with Crippen molar-refractivity contribution in [1.82, 2.24) is 4.90 Å². The molecule has 0 bridgehead atoms. The minimum absolute atomic E-state index is 0.182. The van der Waals surface area contributed by atoms with Crippen LogP contribution in [-0.2, 0) is 4.79 Å². The highest BCUT2D eigenvalue weighted by molar-refractivity contribution is 7.99. The second-order valence-corrected chi connectivity index (χ2v) is 7.15. The molecule has 2 aromatic carbocycles. The van der Waals surface area contributed by atoms with E-state index >= 15 is 0 Å². The summed E-state index contributed by atoms with van der Waals surface area (Å²) in [5.41, 5.74) is 1.51. The van der Waals surface area contributed by atoms with Crippen molar-refractivity contribution < 1.29 is 19.1 Å². The van der Waals surface area contributed by atoms with Gasteiger partial charge in [0, 0.05) is 11.8 Å². The van der Waals surface area contributed by atoms with E-state index in [-0.39, 0.29) is 17.3 Å². The fourth-order valence-corrected chi connectivity index (χ4v) is 4.72. The molecule has 2 aromatic rings. The third-order valence-electron chi connectivity index (χ3n) is 4.63. The molecule has 2 aliphatic heterocycles. The number of imide groups is 1. The molecule has 2 heterocycles. The number of hydrogen-bond acceptors (Lipinski definition) is 5. The summed E-state index contributed by atoms with van der Waals surface area (Å²) in [5, 5.41) is -0.182. The van der Waals surface area contributed by atoms with Crippen molar-refractivity contribution in [1.29, 1.82) is 0 Å². The molecule has 4 rings (SSSR count). The highest BCUT2D eigenvalue weighted by Crippen LogP contribution is 2.46. The van der Waals surface area contributed by atoms with Crippen LogP contribution in [0, 0.1) is 0 Å². The van der Waals surface area contributed by atoms with Crippen LogP contribution in [-0.4, -0.2) is 42.9 Å². The van der Waals surface area contributed by atoms with Crippen molar-refractivity contribution in [3.05, 3.63) is 54.1 Å². The number of amides is 3. The zero-order valence-corrected chi connectivity index (χ0v) is 15.2. The topological polar surface area (TPSA) is 59.1 Å². The Morgan fingerprint density at radius 2 is 1.73 bits per heavy atom. The maximum Gasteiger partial charge on any atom is 0.333 e. The number of benzene rings is 2. The molecular weight excluding hydrogens is 352 g/mol. The Morgan fingerprint density at radius 1 is 1.00 bits per heavy atom. The lowest BCUT2D eigenvalue weighted by atomic mass is 10.2. The number of carbonyl (C=O) groups is 2. The number of thioether (sulfide) groups is 1. The number of nitrogens with zero attached hydrogens (tertiary/aromatic N) is 2. The molecule has 2 aliphatic rings. The summed E-state index contributed by atoms with van der Waals surface area (Å²) >= 11 is 1.61. The molecule has 0 aromatic heterocycles. The Kier molecular flexibility index (Phi) is 4.24. The summed E-state index contributed by atoms with van der Waals surface area (Å²) in [6, 6.07) is 13.9. The van der Waals surface area contributed by atoms with Crippen LogP contribution < -0.4 is 14.4 Å². The standard InChI is InChI=1S/C19H18N2O4S/c1-24-14-8-6-12(7-9-14)18-21-16(11-26-18)17(22)20(19(21)23)13-4-3-5-15(10-13)25-2/h3-10,16,18H,11H2,1-2H3. The maximum atomic E-state index is 13.1. The van der Waals surface area contributed by atoms with E-state index in [1.807, 2.05) is 24.3 Å². The summed E-state index contributed by atoms with van der Waals surface area (Å²) in [4.78, 5) is 28.8. The Labute approximate surface area is 155 Å². The molecule has 2 fully saturated rings. The van der Waals surface area contributed by atoms with Crippen molar-refractivity contribution in [2.75, 3.05) is 24.9 Å². The average molecular weight is 370 g/mol. The Morgan fingerprint density at radius 3 is 2.42 bits per heavy atom. The molecule has 2 unspecified atom stereocenters. The minimum Gasteiger partial charge on any atom is -0.497 e. The molecule has 7 heteroatoms. The number of rotatable bonds is 4. The second-order valence-electron chi connectivity index (χ2n) is 6.04. The van der Waals surface area contributed by atoms with Crippen LogP contribution in [0.3, 0.4) is 0 Å². The van der Waals surface area contributed by atoms with Crippen LogP contribution in [0.15, 0.2) is 48.5 Å². The molecule has 0 aliphatic carbocycles. The summed E-state index contributed by atoms with van der Waals surface area (Å²) in [5.74, 6) is 1.76.